The van der Waals surface area contributed by atoms with E-state index >= 15 is 0 Å². The fourth-order valence-corrected chi connectivity index (χ4v) is 2.09. The lowest BCUT2D eigenvalue weighted by Crippen LogP contribution is -2.43. The van der Waals surface area contributed by atoms with Crippen LogP contribution >= 0.6 is 0 Å². The van der Waals surface area contributed by atoms with Gasteiger partial charge in [0.2, 0.25) is 5.91 Å². The predicted molar refractivity (Wildman–Crippen MR) is 87.1 cm³/mol. The molecule has 0 radical (unpaired) electrons. The van der Waals surface area contributed by atoms with E-state index in [0.29, 0.717) is 13.1 Å². The lowest BCUT2D eigenvalue weighted by atomic mass is 10.1. The monoisotopic (exact) mass is 317 g/mol. The van der Waals surface area contributed by atoms with Crippen LogP contribution in [-0.2, 0) is 17.9 Å². The fraction of sp³-hybridized carbons (Fsp3) is 0.235. The Morgan fingerprint density at radius 2 is 1.87 bits per heavy atom. The molecule has 1 atom stereocenters. The van der Waals surface area contributed by atoms with Crippen LogP contribution in [0.4, 0.5) is 10.1 Å². The zero-order valence-electron chi connectivity index (χ0n) is 12.6. The molecular weight excluding hydrogens is 297 g/mol. The molecule has 2 aromatic carbocycles. The highest BCUT2D eigenvalue weighted by Crippen LogP contribution is 2.12. The number of nitrogens with one attached hydrogen (secondary N) is 2. The Kier molecular flexibility index (Phi) is 6.08. The van der Waals surface area contributed by atoms with Crippen molar-refractivity contribution in [1.29, 1.82) is 0 Å². The minimum absolute atomic E-state index is 0.251. The molecule has 0 bridgehead atoms. The molecule has 23 heavy (non-hydrogen) atoms. The fourth-order valence-electron chi connectivity index (χ4n) is 2.09. The summed E-state index contributed by atoms with van der Waals surface area (Å²) in [6, 6.07) is 13.3. The van der Waals surface area contributed by atoms with Crippen molar-refractivity contribution in [3.05, 3.63) is 65.5 Å². The normalized spacial score (nSPS) is 11.9. The molecule has 0 aliphatic heterocycles. The summed E-state index contributed by atoms with van der Waals surface area (Å²) in [5.74, 6) is -0.834. The second-order valence-corrected chi connectivity index (χ2v) is 5.20. The van der Waals surface area contributed by atoms with Gasteiger partial charge in [-0.3, -0.25) is 10.1 Å². The van der Waals surface area contributed by atoms with Crippen LogP contribution in [0.2, 0.25) is 0 Å². The van der Waals surface area contributed by atoms with Gasteiger partial charge >= 0.3 is 0 Å². The first-order valence-electron chi connectivity index (χ1n) is 7.29. The van der Waals surface area contributed by atoms with Crippen LogP contribution in [0.15, 0.2) is 48.5 Å². The zero-order chi connectivity index (χ0) is 16.7. The molecule has 2 rings (SSSR count). The van der Waals surface area contributed by atoms with Gasteiger partial charge in [-0.1, -0.05) is 24.3 Å². The summed E-state index contributed by atoms with van der Waals surface area (Å²) >= 11 is 0. The van der Waals surface area contributed by atoms with Crippen molar-refractivity contribution in [3.8, 4) is 0 Å². The number of hydrogen-bond acceptors (Lipinski definition) is 4. The van der Waals surface area contributed by atoms with Crippen LogP contribution in [0.25, 0.3) is 0 Å². The molecule has 0 saturated carbocycles. The van der Waals surface area contributed by atoms with Gasteiger partial charge in [0.05, 0.1) is 6.61 Å². The van der Waals surface area contributed by atoms with Gasteiger partial charge in [0.1, 0.15) is 11.9 Å². The number of aliphatic hydroxyl groups is 1. The molecule has 6 heteroatoms. The first-order chi connectivity index (χ1) is 11.1. The summed E-state index contributed by atoms with van der Waals surface area (Å²) in [7, 11) is 0. The number of halogens is 1. The van der Waals surface area contributed by atoms with Crippen molar-refractivity contribution in [2.45, 2.75) is 19.1 Å². The highest BCUT2D eigenvalue weighted by Gasteiger charge is 2.12. The Morgan fingerprint density at radius 3 is 2.48 bits per heavy atom. The Balaban J connectivity index is 1.85. The number of carbonyl (C=O) groups is 1. The Labute approximate surface area is 134 Å². The molecule has 5 N–H and O–H groups in total. The lowest BCUT2D eigenvalue weighted by Gasteiger charge is -2.13. The van der Waals surface area contributed by atoms with Crippen molar-refractivity contribution >= 4 is 11.6 Å². The smallest absolute Gasteiger partial charge is 0.236 e. The number of carbonyl (C=O) groups excluding carboxylic acids is 1. The second kappa shape index (κ2) is 8.26. The van der Waals surface area contributed by atoms with Crippen molar-refractivity contribution < 1.29 is 14.3 Å². The molecule has 0 saturated heterocycles. The SMILES string of the molecule is NC(=O)C(CO)NCc1ccc(NCc2cccc(F)c2)cc1. The third kappa shape index (κ3) is 5.36. The largest absolute Gasteiger partial charge is 0.394 e. The number of nitrogens with two attached hydrogens (primary N) is 1. The predicted octanol–water partition coefficient (Wildman–Crippen LogP) is 1.37. The second-order valence-electron chi connectivity index (χ2n) is 5.20. The first kappa shape index (κ1) is 16.9. The number of hydrogen-bond donors (Lipinski definition) is 4. The van der Waals surface area contributed by atoms with E-state index < -0.39 is 11.9 Å². The standard InChI is InChI=1S/C17H20FN3O2/c18-14-3-1-2-13(8-14)10-20-15-6-4-12(5-7-15)9-21-16(11-22)17(19)23/h1-8,16,20-22H,9-11H2,(H2,19,23). The van der Waals surface area contributed by atoms with Crippen molar-refractivity contribution in [2.24, 2.45) is 5.73 Å². The lowest BCUT2D eigenvalue weighted by molar-refractivity contribution is -0.120. The topological polar surface area (TPSA) is 87.4 Å². The van der Waals surface area contributed by atoms with Crippen molar-refractivity contribution in [3.63, 3.8) is 0 Å². The third-order valence-electron chi connectivity index (χ3n) is 3.42. The number of rotatable bonds is 8. The maximum atomic E-state index is 13.1. The van der Waals surface area contributed by atoms with Gasteiger partial charge in [-0.05, 0) is 35.4 Å². The molecule has 5 nitrogen and oxygen atoms in total. The van der Waals surface area contributed by atoms with Crippen molar-refractivity contribution in [2.75, 3.05) is 11.9 Å². The molecule has 1 amide bonds. The molecular formula is C17H20FN3O2. The summed E-state index contributed by atoms with van der Waals surface area (Å²) in [6.07, 6.45) is 0. The van der Waals surface area contributed by atoms with E-state index in [0.717, 1.165) is 16.8 Å². The highest BCUT2D eigenvalue weighted by atomic mass is 19.1. The minimum atomic E-state index is -0.749. The Bertz CT molecular complexity index is 647. The van der Waals surface area contributed by atoms with E-state index in [9.17, 15) is 9.18 Å². The number of anilines is 1. The van der Waals surface area contributed by atoms with Crippen LogP contribution in [0, 0.1) is 5.82 Å². The molecule has 122 valence electrons. The van der Waals surface area contributed by atoms with E-state index in [-0.39, 0.29) is 12.4 Å². The molecule has 0 aromatic heterocycles. The summed E-state index contributed by atoms with van der Waals surface area (Å²) < 4.78 is 13.1. The first-order valence-corrected chi connectivity index (χ1v) is 7.29. The van der Waals surface area contributed by atoms with Crippen LogP contribution in [-0.4, -0.2) is 23.7 Å². The number of amides is 1. The maximum absolute atomic E-state index is 13.1. The third-order valence-corrected chi connectivity index (χ3v) is 3.42. The average Bonchev–Trinajstić information content (AvgIpc) is 2.54. The number of aliphatic hydroxyl groups excluding tert-OH is 1. The molecule has 0 heterocycles. The Morgan fingerprint density at radius 1 is 1.13 bits per heavy atom. The molecule has 2 aromatic rings. The minimum Gasteiger partial charge on any atom is -0.394 e. The zero-order valence-corrected chi connectivity index (χ0v) is 12.6. The molecule has 0 aliphatic carbocycles. The molecule has 0 fully saturated rings. The summed E-state index contributed by atoms with van der Waals surface area (Å²) in [6.45, 7) is 0.630. The molecule has 0 spiro atoms. The summed E-state index contributed by atoms with van der Waals surface area (Å²) in [5.41, 5.74) is 7.87. The van der Waals surface area contributed by atoms with Gasteiger partial charge in [-0.2, -0.15) is 0 Å². The quantitative estimate of drug-likeness (QED) is 0.592. The van der Waals surface area contributed by atoms with Crippen LogP contribution in [0.5, 0.6) is 0 Å². The highest BCUT2D eigenvalue weighted by molar-refractivity contribution is 5.79. The van der Waals surface area contributed by atoms with Crippen LogP contribution < -0.4 is 16.4 Å². The van der Waals surface area contributed by atoms with E-state index in [1.54, 1.807) is 6.07 Å². The summed E-state index contributed by atoms with van der Waals surface area (Å²) in [4.78, 5) is 11.0. The van der Waals surface area contributed by atoms with Gasteiger partial charge in [0.25, 0.3) is 0 Å². The van der Waals surface area contributed by atoms with Gasteiger partial charge in [-0.25, -0.2) is 4.39 Å². The molecule has 0 aliphatic rings. The van der Waals surface area contributed by atoms with E-state index in [1.807, 2.05) is 30.3 Å². The van der Waals surface area contributed by atoms with Gasteiger partial charge in [0.15, 0.2) is 0 Å². The van der Waals surface area contributed by atoms with E-state index in [4.69, 9.17) is 10.8 Å². The van der Waals surface area contributed by atoms with Crippen LogP contribution in [0.1, 0.15) is 11.1 Å². The van der Waals surface area contributed by atoms with Crippen LogP contribution in [0.3, 0.4) is 0 Å². The van der Waals surface area contributed by atoms with Gasteiger partial charge in [0, 0.05) is 18.8 Å². The van der Waals surface area contributed by atoms with Gasteiger partial charge in [-0.15, -0.1) is 0 Å². The maximum Gasteiger partial charge on any atom is 0.236 e. The number of primary amides is 1. The number of benzene rings is 2. The van der Waals surface area contributed by atoms with E-state index in [2.05, 4.69) is 10.6 Å². The van der Waals surface area contributed by atoms with E-state index in [1.165, 1.54) is 12.1 Å². The van der Waals surface area contributed by atoms with Gasteiger partial charge < -0.3 is 16.2 Å². The summed E-state index contributed by atoms with van der Waals surface area (Å²) in [5, 5.41) is 15.1. The average molecular weight is 317 g/mol. The van der Waals surface area contributed by atoms with Crippen molar-refractivity contribution in [1.82, 2.24) is 5.32 Å². The Hall–Kier alpha value is -2.44. The molecule has 1 unspecified atom stereocenters.